The first-order valence-electron chi connectivity index (χ1n) is 9.90. The van der Waals surface area contributed by atoms with Gasteiger partial charge in [0.2, 0.25) is 5.91 Å². The number of hydrogen-bond donors (Lipinski definition) is 1. The van der Waals surface area contributed by atoms with Crippen molar-refractivity contribution >= 4 is 23.4 Å². The van der Waals surface area contributed by atoms with Crippen LogP contribution >= 0.6 is 11.8 Å². The van der Waals surface area contributed by atoms with Gasteiger partial charge < -0.3 is 10.2 Å². The molecule has 2 aromatic carbocycles. The van der Waals surface area contributed by atoms with Crippen LogP contribution in [0.4, 0.5) is 5.69 Å². The number of hydrogen-bond acceptors (Lipinski definition) is 3. The lowest BCUT2D eigenvalue weighted by Crippen LogP contribution is -2.34. The number of anilines is 1. The Hall–Kier alpha value is -1.94. The molecule has 2 aromatic rings. The first kappa shape index (κ1) is 19.8. The molecule has 1 aliphatic heterocycles. The number of thioether (sulfide) groups is 1. The molecule has 0 aliphatic carbocycles. The minimum atomic E-state index is -0.121. The van der Waals surface area contributed by atoms with Gasteiger partial charge in [0.25, 0.3) is 0 Å². The third-order valence-corrected chi connectivity index (χ3v) is 6.31. The molecule has 0 radical (unpaired) electrons. The van der Waals surface area contributed by atoms with Gasteiger partial charge in [0.1, 0.15) is 0 Å². The lowest BCUT2D eigenvalue weighted by atomic mass is 9.99. The summed E-state index contributed by atoms with van der Waals surface area (Å²) in [5, 5.41) is 3.03. The summed E-state index contributed by atoms with van der Waals surface area (Å²) in [4.78, 5) is 16.1. The van der Waals surface area contributed by atoms with E-state index in [4.69, 9.17) is 0 Å². The molecule has 4 heteroatoms. The summed E-state index contributed by atoms with van der Waals surface area (Å²) in [6.07, 6.45) is 2.60. The van der Waals surface area contributed by atoms with Gasteiger partial charge in [-0.2, -0.15) is 0 Å². The third kappa shape index (κ3) is 5.52. The van der Waals surface area contributed by atoms with Crippen LogP contribution in [0, 0.1) is 5.92 Å². The van der Waals surface area contributed by atoms with E-state index in [0.717, 1.165) is 29.5 Å². The normalized spacial score (nSPS) is 19.4. The second kappa shape index (κ2) is 9.32. The Labute approximate surface area is 167 Å². The average molecular weight is 383 g/mol. The van der Waals surface area contributed by atoms with Crippen LogP contribution in [-0.4, -0.2) is 24.2 Å². The largest absolute Gasteiger partial charge is 0.371 e. The molecule has 3 nitrogen and oxygen atoms in total. The highest BCUT2D eigenvalue weighted by molar-refractivity contribution is 8.00. The summed E-state index contributed by atoms with van der Waals surface area (Å²) in [5.74, 6) is 0.838. The van der Waals surface area contributed by atoms with Gasteiger partial charge in [-0.15, -0.1) is 11.8 Å². The zero-order valence-corrected chi connectivity index (χ0v) is 17.3. The Morgan fingerprint density at radius 1 is 1.11 bits per heavy atom. The fourth-order valence-electron chi connectivity index (χ4n) is 3.57. The molecule has 1 aliphatic rings. The van der Waals surface area contributed by atoms with Crippen molar-refractivity contribution in [3.05, 3.63) is 60.2 Å². The molecule has 3 atom stereocenters. The Bertz CT molecular complexity index is 732. The average Bonchev–Trinajstić information content (AvgIpc) is 2.69. The Balaban J connectivity index is 1.55. The molecule has 27 heavy (non-hydrogen) atoms. The van der Waals surface area contributed by atoms with E-state index in [0.29, 0.717) is 0 Å². The van der Waals surface area contributed by atoms with Gasteiger partial charge >= 0.3 is 0 Å². The van der Waals surface area contributed by atoms with Crippen molar-refractivity contribution < 1.29 is 4.79 Å². The van der Waals surface area contributed by atoms with E-state index in [1.165, 1.54) is 18.5 Å². The summed E-state index contributed by atoms with van der Waals surface area (Å²) < 4.78 is 0. The van der Waals surface area contributed by atoms with E-state index < -0.39 is 0 Å². The number of amides is 1. The van der Waals surface area contributed by atoms with Crippen LogP contribution in [0.25, 0.3) is 0 Å². The molecule has 1 heterocycles. The van der Waals surface area contributed by atoms with Crippen LogP contribution in [0.1, 0.15) is 45.2 Å². The summed E-state index contributed by atoms with van der Waals surface area (Å²) >= 11 is 1.59. The summed E-state index contributed by atoms with van der Waals surface area (Å²) in [7, 11) is 0. The van der Waals surface area contributed by atoms with E-state index in [1.807, 2.05) is 37.3 Å². The van der Waals surface area contributed by atoms with Gasteiger partial charge in [-0.3, -0.25) is 4.79 Å². The predicted octanol–water partition coefficient (Wildman–Crippen LogP) is 5.28. The number of nitrogens with one attached hydrogen (secondary N) is 1. The van der Waals surface area contributed by atoms with Crippen LogP contribution < -0.4 is 10.2 Å². The molecule has 0 bridgehead atoms. The van der Waals surface area contributed by atoms with E-state index in [1.54, 1.807) is 11.8 Å². The highest BCUT2D eigenvalue weighted by Crippen LogP contribution is 2.26. The van der Waals surface area contributed by atoms with Gasteiger partial charge in [0.15, 0.2) is 0 Å². The number of benzene rings is 2. The first-order chi connectivity index (χ1) is 13.0. The third-order valence-electron chi connectivity index (χ3n) is 5.20. The van der Waals surface area contributed by atoms with Crippen molar-refractivity contribution in [3.63, 3.8) is 0 Å². The number of carbonyl (C=O) groups excluding carboxylic acids is 1. The second-order valence-corrected chi connectivity index (χ2v) is 9.00. The number of rotatable bonds is 6. The number of piperidine rings is 1. The summed E-state index contributed by atoms with van der Waals surface area (Å²) in [5.41, 5.74) is 2.44. The maximum Gasteiger partial charge on any atom is 0.233 e. The monoisotopic (exact) mass is 382 g/mol. The van der Waals surface area contributed by atoms with E-state index >= 15 is 0 Å². The highest BCUT2D eigenvalue weighted by Gasteiger charge is 2.19. The maximum atomic E-state index is 12.5. The summed E-state index contributed by atoms with van der Waals surface area (Å²) in [6.45, 7) is 8.62. The van der Waals surface area contributed by atoms with Crippen molar-refractivity contribution in [1.29, 1.82) is 0 Å². The number of carbonyl (C=O) groups is 1. The highest BCUT2D eigenvalue weighted by atomic mass is 32.2. The topological polar surface area (TPSA) is 32.3 Å². The summed E-state index contributed by atoms with van der Waals surface area (Å²) in [6, 6.07) is 18.8. The molecule has 0 aromatic heterocycles. The predicted molar refractivity (Wildman–Crippen MR) is 115 cm³/mol. The second-order valence-electron chi connectivity index (χ2n) is 7.59. The Morgan fingerprint density at radius 3 is 2.48 bits per heavy atom. The van der Waals surface area contributed by atoms with Crippen molar-refractivity contribution in [3.8, 4) is 0 Å². The van der Waals surface area contributed by atoms with Gasteiger partial charge in [0.05, 0.1) is 11.3 Å². The fourth-order valence-corrected chi connectivity index (χ4v) is 4.47. The van der Waals surface area contributed by atoms with E-state index in [-0.39, 0.29) is 17.2 Å². The van der Waals surface area contributed by atoms with E-state index in [9.17, 15) is 4.79 Å². The minimum Gasteiger partial charge on any atom is -0.371 e. The van der Waals surface area contributed by atoms with Crippen molar-refractivity contribution in [2.45, 2.75) is 49.8 Å². The molecule has 1 N–H and O–H groups in total. The Kier molecular flexibility index (Phi) is 6.84. The first-order valence-corrected chi connectivity index (χ1v) is 10.8. The standard InChI is InChI=1S/C23H30N2OS/c1-17-8-7-15-25(16-17)21-13-11-20(12-14-21)18(2)24-23(26)19(3)27-22-9-5-4-6-10-22/h4-6,9-14,17-19H,7-8,15-16H2,1-3H3,(H,24,26)/t17-,18+,19+/m1/s1. The molecule has 0 spiro atoms. The lowest BCUT2D eigenvalue weighted by Gasteiger charge is -2.33. The van der Waals surface area contributed by atoms with Gasteiger partial charge in [0, 0.05) is 23.7 Å². The molecule has 0 unspecified atom stereocenters. The molecule has 1 saturated heterocycles. The molecule has 3 rings (SSSR count). The zero-order valence-electron chi connectivity index (χ0n) is 16.5. The molecule has 0 saturated carbocycles. The van der Waals surface area contributed by atoms with Crippen molar-refractivity contribution in [2.24, 2.45) is 5.92 Å². The SMILES string of the molecule is C[C@@H]1CCCN(c2ccc([C@H](C)NC(=O)[C@H](C)Sc3ccccc3)cc2)C1. The van der Waals surface area contributed by atoms with Crippen LogP contribution in [0.2, 0.25) is 0 Å². The molecular formula is C23H30N2OS. The van der Waals surface area contributed by atoms with Gasteiger partial charge in [-0.25, -0.2) is 0 Å². The molecule has 1 amide bonds. The zero-order chi connectivity index (χ0) is 19.2. The lowest BCUT2D eigenvalue weighted by molar-refractivity contribution is -0.120. The van der Waals surface area contributed by atoms with Crippen molar-refractivity contribution in [2.75, 3.05) is 18.0 Å². The van der Waals surface area contributed by atoms with Gasteiger partial charge in [-0.1, -0.05) is 37.3 Å². The van der Waals surface area contributed by atoms with E-state index in [2.05, 4.69) is 48.3 Å². The quantitative estimate of drug-likeness (QED) is 0.690. The maximum absolute atomic E-state index is 12.5. The van der Waals surface area contributed by atoms with Crippen LogP contribution in [0.15, 0.2) is 59.5 Å². The molecule has 1 fully saturated rings. The molecule has 144 valence electrons. The minimum absolute atomic E-state index is 0.00523. The fraction of sp³-hybridized carbons (Fsp3) is 0.435. The smallest absolute Gasteiger partial charge is 0.233 e. The van der Waals surface area contributed by atoms with Crippen LogP contribution in [-0.2, 0) is 4.79 Å². The number of nitrogens with zero attached hydrogens (tertiary/aromatic N) is 1. The van der Waals surface area contributed by atoms with Crippen LogP contribution in [0.5, 0.6) is 0 Å². The van der Waals surface area contributed by atoms with Crippen LogP contribution in [0.3, 0.4) is 0 Å². The Morgan fingerprint density at radius 2 is 1.81 bits per heavy atom. The van der Waals surface area contributed by atoms with Crippen molar-refractivity contribution in [1.82, 2.24) is 5.32 Å². The molecular weight excluding hydrogens is 352 g/mol. The van der Waals surface area contributed by atoms with Gasteiger partial charge in [-0.05, 0) is 62.4 Å².